The molecule has 51 heavy (non-hydrogen) atoms. The zero-order valence-electron chi connectivity index (χ0n) is 30.6. The maximum Gasteiger partial charge on any atom is 0.326 e. The second kappa shape index (κ2) is 24.0. The van der Waals surface area contributed by atoms with Crippen molar-refractivity contribution in [2.75, 3.05) is 13.1 Å². The van der Waals surface area contributed by atoms with Crippen LogP contribution in [0.15, 0.2) is 36.9 Å². The van der Waals surface area contributed by atoms with Crippen molar-refractivity contribution in [3.8, 4) is 0 Å². The van der Waals surface area contributed by atoms with Crippen LogP contribution in [0.2, 0.25) is 0 Å². The van der Waals surface area contributed by atoms with Gasteiger partial charge in [-0.1, -0.05) is 51.1 Å². The molecule has 0 aliphatic rings. The minimum Gasteiger partial charge on any atom is -0.480 e. The van der Waals surface area contributed by atoms with Gasteiger partial charge in [-0.25, -0.2) is 9.59 Å². The number of nitrogens with two attached hydrogens (primary N) is 3. The third-order valence-electron chi connectivity index (χ3n) is 8.23. The number of nitrogens with zero attached hydrogens (tertiary/aromatic N) is 1. The van der Waals surface area contributed by atoms with Crippen LogP contribution in [-0.2, 0) is 36.9 Å². The molecule has 0 aliphatic carbocycles. The van der Waals surface area contributed by atoms with E-state index in [9.17, 15) is 33.9 Å². The number of hydrogen-bond donors (Lipinski definition) is 8. The fourth-order valence-electron chi connectivity index (χ4n) is 5.34. The van der Waals surface area contributed by atoms with Gasteiger partial charge in [0, 0.05) is 0 Å². The van der Waals surface area contributed by atoms with Crippen LogP contribution in [-0.4, -0.2) is 88.9 Å². The largest absolute Gasteiger partial charge is 0.480 e. The van der Waals surface area contributed by atoms with Crippen molar-refractivity contribution in [1.29, 1.82) is 0 Å². The van der Waals surface area contributed by atoms with Gasteiger partial charge in [0.15, 0.2) is 0 Å². The topological polar surface area (TPSA) is 252 Å². The van der Waals surface area contributed by atoms with Gasteiger partial charge in [0.25, 0.3) is 5.91 Å². The summed E-state index contributed by atoms with van der Waals surface area (Å²) >= 11 is 0. The molecule has 1 aromatic carbocycles. The molecule has 6 amide bonds. The average molecular weight is 717 g/mol. The van der Waals surface area contributed by atoms with E-state index >= 15 is 0 Å². The molecule has 11 N–H and O–H groups in total. The number of carboxylic acid groups (broad SMARTS) is 1. The van der Waals surface area contributed by atoms with Crippen molar-refractivity contribution < 1.29 is 33.9 Å². The molecule has 0 heterocycles. The van der Waals surface area contributed by atoms with Gasteiger partial charge in [-0.2, -0.15) is 0 Å². The molecule has 15 heteroatoms. The van der Waals surface area contributed by atoms with E-state index in [2.05, 4.69) is 27.8 Å². The van der Waals surface area contributed by atoms with Crippen LogP contribution in [0.5, 0.6) is 0 Å². The first kappa shape index (κ1) is 44.7. The zero-order chi connectivity index (χ0) is 38.5. The van der Waals surface area contributed by atoms with E-state index in [1.54, 1.807) is 12.1 Å². The molecular formula is C36H60N8O7. The quantitative estimate of drug-likeness (QED) is 0.0564. The lowest BCUT2D eigenvalue weighted by molar-refractivity contribution is -0.140. The molecule has 15 nitrogen and oxygen atoms in total. The summed E-state index contributed by atoms with van der Waals surface area (Å²) in [5.74, 6) is -3.95. The Morgan fingerprint density at radius 3 is 1.75 bits per heavy atom. The Hall–Kier alpha value is -4.34. The van der Waals surface area contributed by atoms with Gasteiger partial charge in [-0.3, -0.25) is 24.1 Å². The number of carbonyl (C=O) groups excluding carboxylic acids is 5. The van der Waals surface area contributed by atoms with Crippen LogP contribution in [0.4, 0.5) is 4.79 Å². The number of amides is 6. The summed E-state index contributed by atoms with van der Waals surface area (Å²) < 4.78 is 0. The molecule has 1 rings (SSSR count). The summed E-state index contributed by atoms with van der Waals surface area (Å²) in [6.45, 7) is 11.3. The maximum atomic E-state index is 14.2. The molecule has 0 fully saturated rings. The first-order valence-electron chi connectivity index (χ1n) is 17.8. The molecule has 286 valence electrons. The Morgan fingerprint density at radius 1 is 0.784 bits per heavy atom. The smallest absolute Gasteiger partial charge is 0.326 e. The maximum absolute atomic E-state index is 14.2. The highest BCUT2D eigenvalue weighted by molar-refractivity contribution is 6.00. The van der Waals surface area contributed by atoms with E-state index in [0.29, 0.717) is 50.8 Å². The normalized spacial score (nSPS) is 14.0. The van der Waals surface area contributed by atoms with Gasteiger partial charge < -0.3 is 43.6 Å². The molecular weight excluding hydrogens is 656 g/mol. The number of aryl methyl sites for hydroxylation is 1. The van der Waals surface area contributed by atoms with Gasteiger partial charge >= 0.3 is 12.0 Å². The summed E-state index contributed by atoms with van der Waals surface area (Å²) in [5, 5.41) is 20.3. The predicted octanol–water partition coefficient (Wildman–Crippen LogP) is 1.42. The lowest BCUT2D eigenvalue weighted by Crippen LogP contribution is -2.59. The van der Waals surface area contributed by atoms with Crippen LogP contribution in [0.25, 0.3) is 0 Å². The van der Waals surface area contributed by atoms with Crippen LogP contribution >= 0.6 is 0 Å². The van der Waals surface area contributed by atoms with E-state index in [1.165, 1.54) is 13.0 Å². The summed E-state index contributed by atoms with van der Waals surface area (Å²) in [7, 11) is 0. The molecule has 0 aromatic heterocycles. The van der Waals surface area contributed by atoms with E-state index in [1.807, 2.05) is 32.9 Å². The fourth-order valence-corrected chi connectivity index (χ4v) is 5.34. The lowest BCUT2D eigenvalue weighted by Gasteiger charge is -2.30. The summed E-state index contributed by atoms with van der Waals surface area (Å²) in [6, 6.07) is 0.771. The van der Waals surface area contributed by atoms with E-state index in [0.717, 1.165) is 10.5 Å². The molecule has 0 radical (unpaired) electrons. The first-order valence-corrected chi connectivity index (χ1v) is 17.8. The Kier molecular flexibility index (Phi) is 21.0. The number of rotatable bonds is 24. The van der Waals surface area contributed by atoms with Crippen molar-refractivity contribution in [2.45, 2.75) is 122 Å². The van der Waals surface area contributed by atoms with E-state index < -0.39 is 65.8 Å². The van der Waals surface area contributed by atoms with Crippen LogP contribution in [0, 0.1) is 5.92 Å². The highest BCUT2D eigenvalue weighted by Crippen LogP contribution is 2.16. The second-order valence-corrected chi connectivity index (χ2v) is 13.1. The standard InChI is InChI=1S/C36H60N8O7/c1-6-14-29(34(48)44(22-26-16-9-8-15-25(26)7-2)36(51)43-30(35(49)50)21-23(3)4)42-33(47)28(18-11-13-20-38)41-32(46)27(17-10-12-19-37)40-31(45)24(5)39/h6,8-9,15-16,23-24,27-30H,1,7,10-14,17-22,37-39H2,2-5H3,(H,40,45)(H,41,46)(H,42,47)(H,43,51)(H,49,50)/t24-,27-,28-,29-,30-/m0/s1. The number of carboxylic acids is 1. The number of nitrogens with one attached hydrogen (secondary N) is 4. The molecule has 0 saturated heterocycles. The third kappa shape index (κ3) is 16.0. The Labute approximate surface area is 301 Å². The number of benzene rings is 1. The van der Waals surface area contributed by atoms with Crippen LogP contribution in [0.3, 0.4) is 0 Å². The van der Waals surface area contributed by atoms with E-state index in [4.69, 9.17) is 17.2 Å². The fraction of sp³-hybridized carbons (Fsp3) is 0.611. The minimum absolute atomic E-state index is 0.0668. The number of aliphatic carboxylic acids is 1. The Balaban J connectivity index is 3.46. The van der Waals surface area contributed by atoms with Crippen LogP contribution in [0.1, 0.15) is 90.2 Å². The second-order valence-electron chi connectivity index (χ2n) is 13.1. The van der Waals surface area contributed by atoms with E-state index in [-0.39, 0.29) is 38.1 Å². The van der Waals surface area contributed by atoms with Crippen LogP contribution < -0.4 is 38.5 Å². The van der Waals surface area contributed by atoms with Crippen molar-refractivity contribution >= 4 is 35.6 Å². The molecule has 0 aliphatic heterocycles. The van der Waals surface area contributed by atoms with Gasteiger partial charge in [0.1, 0.15) is 24.2 Å². The molecule has 1 aromatic rings. The predicted molar refractivity (Wildman–Crippen MR) is 196 cm³/mol. The van der Waals surface area contributed by atoms with Gasteiger partial charge in [-0.05, 0) is 94.8 Å². The Morgan fingerprint density at radius 2 is 1.29 bits per heavy atom. The molecule has 0 bridgehead atoms. The molecule has 0 saturated carbocycles. The monoisotopic (exact) mass is 716 g/mol. The number of imide groups is 1. The van der Waals surface area contributed by atoms with Crippen molar-refractivity contribution in [3.05, 3.63) is 48.0 Å². The number of hydrogen-bond acceptors (Lipinski definition) is 9. The third-order valence-corrected chi connectivity index (χ3v) is 8.23. The van der Waals surface area contributed by atoms with Crippen molar-refractivity contribution in [3.63, 3.8) is 0 Å². The first-order chi connectivity index (χ1) is 24.2. The van der Waals surface area contributed by atoms with Gasteiger partial charge in [0.05, 0.1) is 12.6 Å². The van der Waals surface area contributed by atoms with Crippen molar-refractivity contribution in [2.24, 2.45) is 23.1 Å². The minimum atomic E-state index is -1.30. The summed E-state index contributed by atoms with van der Waals surface area (Å²) in [4.78, 5) is 80.6. The summed E-state index contributed by atoms with van der Waals surface area (Å²) in [5.41, 5.74) is 18.6. The number of unbranched alkanes of at least 4 members (excludes halogenated alkanes) is 2. The molecule has 5 atom stereocenters. The molecule has 0 spiro atoms. The van der Waals surface area contributed by atoms with Crippen molar-refractivity contribution in [1.82, 2.24) is 26.2 Å². The lowest BCUT2D eigenvalue weighted by atomic mass is 10.0. The number of carbonyl (C=O) groups is 6. The average Bonchev–Trinajstić information content (AvgIpc) is 3.08. The van der Waals surface area contributed by atoms with Gasteiger partial charge in [0.2, 0.25) is 17.7 Å². The highest BCUT2D eigenvalue weighted by Gasteiger charge is 2.35. The Bertz CT molecular complexity index is 1310. The number of urea groups is 1. The van der Waals surface area contributed by atoms with Gasteiger partial charge in [-0.15, -0.1) is 6.58 Å². The summed E-state index contributed by atoms with van der Waals surface area (Å²) in [6.07, 6.45) is 4.68. The SMILES string of the molecule is C=CC[C@H](NC(=O)[C@H](CCCCN)NC(=O)[C@H](CCCCN)NC(=O)[C@H](C)N)C(=O)N(Cc1ccccc1CC)C(=O)N[C@@H](CC(C)C)C(=O)O. The highest BCUT2D eigenvalue weighted by atomic mass is 16.4. The zero-order valence-corrected chi connectivity index (χ0v) is 30.6. The molecule has 0 unspecified atom stereocenters.